The van der Waals surface area contributed by atoms with E-state index in [0.717, 1.165) is 19.6 Å². The molecule has 1 aliphatic heterocycles. The number of likely N-dealkylation sites (tertiary alicyclic amines) is 1. The normalized spacial score (nSPS) is 15.9. The van der Waals surface area contributed by atoms with Crippen molar-refractivity contribution in [1.82, 2.24) is 15.2 Å². The zero-order chi connectivity index (χ0) is 14.4. The number of nitrogens with one attached hydrogen (secondary N) is 2. The lowest BCUT2D eigenvalue weighted by Gasteiger charge is -2.26. The predicted molar refractivity (Wildman–Crippen MR) is 74.6 cm³/mol. The third kappa shape index (κ3) is 3.64. The van der Waals surface area contributed by atoms with Crippen LogP contribution in [0.5, 0.6) is 0 Å². The van der Waals surface area contributed by atoms with Crippen LogP contribution in [0.4, 0.5) is 10.2 Å². The number of aromatic nitrogens is 1. The number of carbonyl (C=O) groups excluding carboxylic acids is 1. The molecule has 1 aliphatic rings. The first-order valence-electron chi connectivity index (χ1n) is 6.84. The van der Waals surface area contributed by atoms with Crippen LogP contribution in [-0.2, 0) is 0 Å². The molecule has 0 spiro atoms. The van der Waals surface area contributed by atoms with Gasteiger partial charge in [-0.1, -0.05) is 6.42 Å². The highest BCUT2D eigenvalue weighted by Crippen LogP contribution is 2.13. The van der Waals surface area contributed by atoms with E-state index in [1.807, 2.05) is 0 Å². The fraction of sp³-hybridized carbons (Fsp3) is 0.538. The Morgan fingerprint density at radius 3 is 2.85 bits per heavy atom. The highest BCUT2D eigenvalue weighted by atomic mass is 19.1. The molecule has 1 aromatic rings. The maximum Gasteiger partial charge on any atom is 0.254 e. The Morgan fingerprint density at radius 1 is 1.40 bits per heavy atom. The van der Waals surface area contributed by atoms with Gasteiger partial charge in [-0.15, -0.1) is 0 Å². The van der Waals surface area contributed by atoms with E-state index >= 15 is 0 Å². The molecule has 6 nitrogen and oxygen atoms in total. The molecule has 0 radical (unpaired) electrons. The number of nitrogens with two attached hydrogens (primary N) is 1. The maximum atomic E-state index is 13.8. The Balaban J connectivity index is 1.85. The van der Waals surface area contributed by atoms with Crippen molar-refractivity contribution in [1.29, 1.82) is 0 Å². The van der Waals surface area contributed by atoms with Gasteiger partial charge in [-0.05, 0) is 32.0 Å². The number of amides is 1. The van der Waals surface area contributed by atoms with Gasteiger partial charge in [0.15, 0.2) is 11.6 Å². The minimum atomic E-state index is -0.731. The van der Waals surface area contributed by atoms with E-state index in [9.17, 15) is 9.18 Å². The van der Waals surface area contributed by atoms with Gasteiger partial charge in [-0.25, -0.2) is 15.2 Å². The fourth-order valence-electron chi connectivity index (χ4n) is 2.33. The Morgan fingerprint density at radius 2 is 2.15 bits per heavy atom. The van der Waals surface area contributed by atoms with Gasteiger partial charge < -0.3 is 15.6 Å². The van der Waals surface area contributed by atoms with E-state index in [-0.39, 0.29) is 11.4 Å². The van der Waals surface area contributed by atoms with E-state index in [2.05, 4.69) is 20.6 Å². The van der Waals surface area contributed by atoms with Crippen LogP contribution in [0.3, 0.4) is 0 Å². The summed E-state index contributed by atoms with van der Waals surface area (Å²) in [6, 6.07) is 1.34. The first kappa shape index (κ1) is 14.7. The zero-order valence-corrected chi connectivity index (χ0v) is 11.4. The lowest BCUT2D eigenvalue weighted by molar-refractivity contribution is 0.0942. The van der Waals surface area contributed by atoms with Gasteiger partial charge in [0.2, 0.25) is 0 Å². The second-order valence-electron chi connectivity index (χ2n) is 4.82. The summed E-state index contributed by atoms with van der Waals surface area (Å²) in [6.45, 7) is 3.44. The molecule has 0 unspecified atom stereocenters. The highest BCUT2D eigenvalue weighted by molar-refractivity contribution is 5.95. The van der Waals surface area contributed by atoms with Crippen molar-refractivity contribution >= 4 is 11.7 Å². The van der Waals surface area contributed by atoms with Crippen LogP contribution < -0.4 is 16.6 Å². The molecule has 0 aromatic carbocycles. The fourth-order valence-corrected chi connectivity index (χ4v) is 2.33. The monoisotopic (exact) mass is 281 g/mol. The highest BCUT2D eigenvalue weighted by Gasteiger charge is 2.16. The molecule has 7 heteroatoms. The number of halogens is 1. The number of hydrogen-bond donors (Lipinski definition) is 3. The number of piperidine rings is 1. The van der Waals surface area contributed by atoms with E-state index in [1.54, 1.807) is 0 Å². The van der Waals surface area contributed by atoms with Crippen LogP contribution >= 0.6 is 0 Å². The quantitative estimate of drug-likeness (QED) is 0.547. The Kier molecular flexibility index (Phi) is 5.25. The number of carbonyl (C=O) groups is 1. The Bertz CT molecular complexity index is 462. The van der Waals surface area contributed by atoms with Crippen molar-refractivity contribution < 1.29 is 9.18 Å². The Labute approximate surface area is 117 Å². The van der Waals surface area contributed by atoms with Crippen LogP contribution in [-0.4, -0.2) is 42.0 Å². The van der Waals surface area contributed by atoms with Crippen molar-refractivity contribution in [2.75, 3.05) is 31.6 Å². The number of hydrogen-bond acceptors (Lipinski definition) is 5. The van der Waals surface area contributed by atoms with Crippen LogP contribution in [0, 0.1) is 5.82 Å². The lowest BCUT2D eigenvalue weighted by atomic mass is 10.1. The molecular formula is C13H20FN5O. The zero-order valence-electron chi connectivity index (χ0n) is 11.4. The number of pyridine rings is 1. The minimum Gasteiger partial charge on any atom is -0.351 e. The summed E-state index contributed by atoms with van der Waals surface area (Å²) in [5.41, 5.74) is 2.07. The summed E-state index contributed by atoms with van der Waals surface area (Å²) in [6.07, 6.45) is 5.04. The topological polar surface area (TPSA) is 83.3 Å². The summed E-state index contributed by atoms with van der Waals surface area (Å²) in [7, 11) is 0. The van der Waals surface area contributed by atoms with Crippen LogP contribution in [0.2, 0.25) is 0 Å². The average Bonchev–Trinajstić information content (AvgIpc) is 2.48. The lowest BCUT2D eigenvalue weighted by Crippen LogP contribution is -2.37. The molecule has 0 bridgehead atoms. The molecule has 2 rings (SSSR count). The molecule has 4 N–H and O–H groups in total. The molecular weight excluding hydrogens is 261 g/mol. The first-order chi connectivity index (χ1) is 9.72. The second-order valence-corrected chi connectivity index (χ2v) is 4.82. The number of hydrazine groups is 1. The summed E-state index contributed by atoms with van der Waals surface area (Å²) in [5, 5.41) is 2.72. The second kappa shape index (κ2) is 7.16. The average molecular weight is 281 g/mol. The molecule has 1 saturated heterocycles. The standard InChI is InChI=1S/C13H20FN5O/c14-11-10(4-5-16-12(11)18-15)13(20)17-6-9-19-7-2-1-3-8-19/h4-5H,1-3,6-9,15H2,(H,16,18)(H,17,20). The number of nitrogens with zero attached hydrogens (tertiary/aromatic N) is 2. The van der Waals surface area contributed by atoms with E-state index in [1.165, 1.54) is 31.5 Å². The summed E-state index contributed by atoms with van der Waals surface area (Å²) in [5.74, 6) is 3.82. The van der Waals surface area contributed by atoms with Gasteiger partial charge >= 0.3 is 0 Å². The molecule has 110 valence electrons. The molecule has 1 aromatic heterocycles. The van der Waals surface area contributed by atoms with Gasteiger partial charge in [0, 0.05) is 19.3 Å². The van der Waals surface area contributed by atoms with Crippen molar-refractivity contribution in [2.45, 2.75) is 19.3 Å². The molecule has 2 heterocycles. The van der Waals surface area contributed by atoms with Gasteiger partial charge in [0.25, 0.3) is 5.91 Å². The number of rotatable bonds is 5. The van der Waals surface area contributed by atoms with E-state index in [0.29, 0.717) is 6.54 Å². The third-order valence-corrected chi connectivity index (χ3v) is 3.43. The third-order valence-electron chi connectivity index (χ3n) is 3.43. The molecule has 20 heavy (non-hydrogen) atoms. The van der Waals surface area contributed by atoms with Crippen molar-refractivity contribution in [3.8, 4) is 0 Å². The molecule has 1 fully saturated rings. The van der Waals surface area contributed by atoms with Crippen LogP contribution in [0.15, 0.2) is 12.3 Å². The molecule has 0 aliphatic carbocycles. The first-order valence-corrected chi connectivity index (χ1v) is 6.84. The molecule has 1 amide bonds. The molecule has 0 saturated carbocycles. The van der Waals surface area contributed by atoms with Crippen molar-refractivity contribution in [2.24, 2.45) is 5.84 Å². The van der Waals surface area contributed by atoms with E-state index < -0.39 is 11.7 Å². The van der Waals surface area contributed by atoms with Gasteiger partial charge in [-0.2, -0.15) is 0 Å². The van der Waals surface area contributed by atoms with Crippen LogP contribution in [0.1, 0.15) is 29.6 Å². The van der Waals surface area contributed by atoms with Crippen molar-refractivity contribution in [3.05, 3.63) is 23.6 Å². The summed E-state index contributed by atoms with van der Waals surface area (Å²) < 4.78 is 13.8. The van der Waals surface area contributed by atoms with Gasteiger partial charge in [-0.3, -0.25) is 4.79 Å². The van der Waals surface area contributed by atoms with Gasteiger partial charge in [0.1, 0.15) is 0 Å². The summed E-state index contributed by atoms with van der Waals surface area (Å²) >= 11 is 0. The maximum absolute atomic E-state index is 13.8. The largest absolute Gasteiger partial charge is 0.351 e. The van der Waals surface area contributed by atoms with Crippen molar-refractivity contribution in [3.63, 3.8) is 0 Å². The summed E-state index contributed by atoms with van der Waals surface area (Å²) in [4.78, 5) is 17.9. The predicted octanol–water partition coefficient (Wildman–Crippen LogP) is 0.722. The smallest absolute Gasteiger partial charge is 0.254 e. The van der Waals surface area contributed by atoms with E-state index in [4.69, 9.17) is 5.84 Å². The molecule has 0 atom stereocenters. The number of nitrogen functional groups attached to an aromatic ring is 1. The SMILES string of the molecule is NNc1nccc(C(=O)NCCN2CCCCC2)c1F. The Hall–Kier alpha value is -1.73. The number of anilines is 1. The van der Waals surface area contributed by atoms with Gasteiger partial charge in [0.05, 0.1) is 5.56 Å². The van der Waals surface area contributed by atoms with Crippen LogP contribution in [0.25, 0.3) is 0 Å². The minimum absolute atomic E-state index is 0.0494.